The second-order valence-electron chi connectivity index (χ2n) is 8.34. The van der Waals surface area contributed by atoms with E-state index in [0.717, 1.165) is 79.8 Å². The molecule has 2 aliphatic rings. The van der Waals surface area contributed by atoms with Gasteiger partial charge in [-0.2, -0.15) is 0 Å². The van der Waals surface area contributed by atoms with Gasteiger partial charge < -0.3 is 15.0 Å². The van der Waals surface area contributed by atoms with Crippen molar-refractivity contribution < 1.29 is 9.53 Å². The molecule has 0 unspecified atom stereocenters. The van der Waals surface area contributed by atoms with E-state index in [0.29, 0.717) is 5.92 Å². The number of nitrogens with one attached hydrogen (secondary N) is 1. The van der Waals surface area contributed by atoms with Crippen molar-refractivity contribution >= 4 is 17.1 Å². The molecule has 7 heteroatoms. The lowest BCUT2D eigenvalue weighted by molar-refractivity contribution is 0.0775. The van der Waals surface area contributed by atoms with Gasteiger partial charge in [0.2, 0.25) is 0 Å². The van der Waals surface area contributed by atoms with Crippen LogP contribution in [0.2, 0.25) is 0 Å². The molecule has 0 spiro atoms. The molecule has 0 aliphatic carbocycles. The van der Waals surface area contributed by atoms with Gasteiger partial charge in [-0.25, -0.2) is 14.8 Å². The first-order valence-electron chi connectivity index (χ1n) is 11.1. The fourth-order valence-electron chi connectivity index (χ4n) is 4.44. The summed E-state index contributed by atoms with van der Waals surface area (Å²) in [6.07, 6.45) is 9.10. The van der Waals surface area contributed by atoms with Crippen molar-refractivity contribution in [2.24, 2.45) is 0 Å². The highest BCUT2D eigenvalue weighted by Crippen LogP contribution is 2.29. The molecule has 7 nitrogen and oxygen atoms in total. The Morgan fingerprint density at radius 1 is 1.00 bits per heavy atom. The van der Waals surface area contributed by atoms with Crippen molar-refractivity contribution in [1.82, 2.24) is 25.2 Å². The number of amides is 2. The Bertz CT molecular complexity index is 1040. The van der Waals surface area contributed by atoms with E-state index in [2.05, 4.69) is 33.5 Å². The number of hydrogen-bond donors (Lipinski definition) is 1. The van der Waals surface area contributed by atoms with Crippen molar-refractivity contribution in [3.63, 3.8) is 0 Å². The molecule has 0 saturated carbocycles. The second kappa shape index (κ2) is 8.98. The highest BCUT2D eigenvalue weighted by molar-refractivity contribution is 5.81. The monoisotopic (exact) mass is 417 g/mol. The zero-order valence-electron chi connectivity index (χ0n) is 17.5. The minimum atomic E-state index is 0.0575. The molecule has 2 saturated heterocycles. The number of urea groups is 1. The van der Waals surface area contributed by atoms with E-state index in [4.69, 9.17) is 9.72 Å². The average Bonchev–Trinajstić information content (AvgIpc) is 2.84. The van der Waals surface area contributed by atoms with E-state index in [1.807, 2.05) is 23.2 Å². The van der Waals surface area contributed by atoms with Gasteiger partial charge in [-0.15, -0.1) is 0 Å². The number of nitrogens with zero attached hydrogens (tertiary/aromatic N) is 4. The molecule has 1 N–H and O–H groups in total. The first kappa shape index (κ1) is 19.9. The summed E-state index contributed by atoms with van der Waals surface area (Å²) in [6.45, 7) is 2.99. The van der Waals surface area contributed by atoms with Gasteiger partial charge in [0.1, 0.15) is 0 Å². The van der Waals surface area contributed by atoms with Crippen LogP contribution in [0.3, 0.4) is 0 Å². The lowest BCUT2D eigenvalue weighted by Gasteiger charge is -2.33. The summed E-state index contributed by atoms with van der Waals surface area (Å²) in [5.41, 5.74) is 4.00. The van der Waals surface area contributed by atoms with Crippen LogP contribution in [0.5, 0.6) is 0 Å². The van der Waals surface area contributed by atoms with Crippen LogP contribution in [0.25, 0.3) is 22.2 Å². The standard InChI is InChI=1S/C24H27N5O2/c30-24(27-21-7-13-31-14-8-21)29-11-5-18(6-12-29)22-2-1-19-15-20(16-26-23(19)28-22)17-3-9-25-10-4-17/h1-4,9-10,15-16,18,21H,5-8,11-14H2,(H,27,30). The molecule has 5 heterocycles. The Kier molecular flexibility index (Phi) is 5.76. The van der Waals surface area contributed by atoms with E-state index in [9.17, 15) is 4.79 Å². The summed E-state index contributed by atoms with van der Waals surface area (Å²) >= 11 is 0. The largest absolute Gasteiger partial charge is 0.381 e. The smallest absolute Gasteiger partial charge is 0.317 e. The zero-order chi connectivity index (χ0) is 21.0. The fourth-order valence-corrected chi connectivity index (χ4v) is 4.44. The van der Waals surface area contributed by atoms with Gasteiger partial charge in [-0.3, -0.25) is 4.98 Å². The molecule has 3 aromatic rings. The van der Waals surface area contributed by atoms with Crippen LogP contribution in [0, 0.1) is 0 Å². The normalized spacial score (nSPS) is 18.3. The molecule has 2 amide bonds. The van der Waals surface area contributed by atoms with E-state index in [-0.39, 0.29) is 12.1 Å². The van der Waals surface area contributed by atoms with Gasteiger partial charge >= 0.3 is 6.03 Å². The van der Waals surface area contributed by atoms with E-state index >= 15 is 0 Å². The van der Waals surface area contributed by atoms with Crippen molar-refractivity contribution in [3.05, 3.63) is 54.6 Å². The maximum atomic E-state index is 12.6. The highest BCUT2D eigenvalue weighted by Gasteiger charge is 2.26. The van der Waals surface area contributed by atoms with Gasteiger partial charge in [0, 0.05) is 73.5 Å². The molecular formula is C24H27N5O2. The van der Waals surface area contributed by atoms with Crippen molar-refractivity contribution in [2.45, 2.75) is 37.6 Å². The lowest BCUT2D eigenvalue weighted by Crippen LogP contribution is -2.49. The van der Waals surface area contributed by atoms with Crippen LogP contribution < -0.4 is 5.32 Å². The minimum Gasteiger partial charge on any atom is -0.381 e. The first-order valence-corrected chi connectivity index (χ1v) is 11.1. The summed E-state index contributed by atoms with van der Waals surface area (Å²) in [5.74, 6) is 0.359. The number of carbonyl (C=O) groups is 1. The summed E-state index contributed by atoms with van der Waals surface area (Å²) < 4.78 is 5.37. The highest BCUT2D eigenvalue weighted by atomic mass is 16.5. The van der Waals surface area contributed by atoms with Crippen molar-refractivity contribution in [3.8, 4) is 11.1 Å². The average molecular weight is 418 g/mol. The molecule has 160 valence electrons. The molecule has 31 heavy (non-hydrogen) atoms. The molecule has 0 atom stereocenters. The predicted molar refractivity (Wildman–Crippen MR) is 119 cm³/mol. The molecule has 2 aliphatic heterocycles. The Labute approximate surface area is 181 Å². The number of aromatic nitrogens is 3. The number of fused-ring (bicyclic) bond motifs is 1. The molecule has 2 fully saturated rings. The summed E-state index contributed by atoms with van der Waals surface area (Å²) in [4.78, 5) is 28.0. The van der Waals surface area contributed by atoms with Gasteiger partial charge in [0.25, 0.3) is 0 Å². The Morgan fingerprint density at radius 2 is 1.77 bits per heavy atom. The third-order valence-corrected chi connectivity index (χ3v) is 6.33. The third-order valence-electron chi connectivity index (χ3n) is 6.33. The maximum Gasteiger partial charge on any atom is 0.317 e. The molecular weight excluding hydrogens is 390 g/mol. The number of likely N-dealkylation sites (tertiary alicyclic amines) is 1. The Morgan fingerprint density at radius 3 is 2.55 bits per heavy atom. The number of pyridine rings is 3. The lowest BCUT2D eigenvalue weighted by atomic mass is 9.93. The third kappa shape index (κ3) is 4.51. The van der Waals surface area contributed by atoms with E-state index in [1.165, 1.54) is 0 Å². The first-order chi connectivity index (χ1) is 15.3. The van der Waals surface area contributed by atoms with Crippen LogP contribution in [-0.2, 0) is 4.74 Å². The van der Waals surface area contributed by atoms with Gasteiger partial charge in [-0.05, 0) is 61.6 Å². The van der Waals surface area contributed by atoms with E-state index < -0.39 is 0 Å². The number of hydrogen-bond acceptors (Lipinski definition) is 5. The number of carbonyl (C=O) groups excluding carboxylic acids is 1. The van der Waals surface area contributed by atoms with Gasteiger partial charge in [-0.1, -0.05) is 0 Å². The van der Waals surface area contributed by atoms with Crippen LogP contribution in [0.1, 0.15) is 37.3 Å². The van der Waals surface area contributed by atoms with Crippen LogP contribution in [0.4, 0.5) is 4.79 Å². The Balaban J connectivity index is 1.23. The minimum absolute atomic E-state index is 0.0575. The number of rotatable bonds is 3. The van der Waals surface area contributed by atoms with Gasteiger partial charge in [0.15, 0.2) is 5.65 Å². The quantitative estimate of drug-likeness (QED) is 0.702. The summed E-state index contributed by atoms with van der Waals surface area (Å²) in [6, 6.07) is 10.6. The van der Waals surface area contributed by atoms with Crippen molar-refractivity contribution in [1.29, 1.82) is 0 Å². The zero-order valence-corrected chi connectivity index (χ0v) is 17.5. The fraction of sp³-hybridized carbons (Fsp3) is 0.417. The molecule has 0 bridgehead atoms. The van der Waals surface area contributed by atoms with Crippen LogP contribution in [-0.4, -0.2) is 58.2 Å². The van der Waals surface area contributed by atoms with Crippen LogP contribution >= 0.6 is 0 Å². The predicted octanol–water partition coefficient (Wildman–Crippen LogP) is 3.76. The maximum absolute atomic E-state index is 12.6. The van der Waals surface area contributed by atoms with Gasteiger partial charge in [0.05, 0.1) is 0 Å². The topological polar surface area (TPSA) is 80.2 Å². The number of piperidine rings is 1. The molecule has 0 aromatic carbocycles. The SMILES string of the molecule is O=C(NC1CCOCC1)N1CCC(c2ccc3cc(-c4ccncc4)cnc3n2)CC1. The van der Waals surface area contributed by atoms with Crippen molar-refractivity contribution in [2.75, 3.05) is 26.3 Å². The number of ether oxygens (including phenoxy) is 1. The summed E-state index contributed by atoms with van der Waals surface area (Å²) in [5, 5.41) is 4.20. The summed E-state index contributed by atoms with van der Waals surface area (Å²) in [7, 11) is 0. The molecule has 5 rings (SSSR count). The molecule has 0 radical (unpaired) electrons. The van der Waals surface area contributed by atoms with Crippen LogP contribution in [0.15, 0.2) is 48.9 Å². The molecule has 3 aromatic heterocycles. The Hall–Kier alpha value is -3.06. The second-order valence-corrected chi connectivity index (χ2v) is 8.34. The van der Waals surface area contributed by atoms with E-state index in [1.54, 1.807) is 12.4 Å².